The number of rotatable bonds is 5. The highest BCUT2D eigenvalue weighted by Gasteiger charge is 2.29. The van der Waals surface area contributed by atoms with Crippen LogP contribution in [0.4, 0.5) is 0 Å². The Morgan fingerprint density at radius 1 is 1.39 bits per heavy atom. The van der Waals surface area contributed by atoms with Crippen LogP contribution in [0.15, 0.2) is 12.1 Å². The van der Waals surface area contributed by atoms with E-state index >= 15 is 0 Å². The van der Waals surface area contributed by atoms with Crippen LogP contribution in [0.5, 0.6) is 11.5 Å². The molecule has 0 bridgehead atoms. The van der Waals surface area contributed by atoms with Crippen molar-refractivity contribution in [1.29, 1.82) is 0 Å². The van der Waals surface area contributed by atoms with E-state index in [1.807, 2.05) is 13.0 Å². The molecule has 0 saturated heterocycles. The molecule has 1 aromatic rings. The van der Waals surface area contributed by atoms with E-state index in [0.29, 0.717) is 11.5 Å². The standard InChI is InChI=1S/C13H19NO4/c1-8-9(7-13(2,14)12(15)16)5-6-10(17-3)11(8)18-4/h5-6H,7,14H2,1-4H3,(H,15,16)/t13-/m0/s1. The topological polar surface area (TPSA) is 81.8 Å². The number of carboxylic acid groups (broad SMARTS) is 1. The van der Waals surface area contributed by atoms with Gasteiger partial charge in [0, 0.05) is 6.42 Å². The zero-order valence-corrected chi connectivity index (χ0v) is 11.1. The number of hydrogen-bond acceptors (Lipinski definition) is 4. The highest BCUT2D eigenvalue weighted by Crippen LogP contribution is 2.33. The number of hydrogen-bond donors (Lipinski definition) is 2. The number of benzene rings is 1. The van der Waals surface area contributed by atoms with E-state index in [0.717, 1.165) is 11.1 Å². The molecule has 0 saturated carbocycles. The summed E-state index contributed by atoms with van der Waals surface area (Å²) in [6.07, 6.45) is 0.231. The molecule has 0 aliphatic carbocycles. The van der Waals surface area contributed by atoms with Gasteiger partial charge in [-0.05, 0) is 31.0 Å². The molecule has 0 aromatic heterocycles. The van der Waals surface area contributed by atoms with Crippen molar-refractivity contribution < 1.29 is 19.4 Å². The zero-order chi connectivity index (χ0) is 13.9. The summed E-state index contributed by atoms with van der Waals surface area (Å²) in [5.41, 5.74) is 6.13. The lowest BCUT2D eigenvalue weighted by Gasteiger charge is -2.21. The van der Waals surface area contributed by atoms with Crippen molar-refractivity contribution in [3.63, 3.8) is 0 Å². The average molecular weight is 253 g/mol. The Morgan fingerprint density at radius 3 is 2.44 bits per heavy atom. The molecule has 1 rings (SSSR count). The predicted molar refractivity (Wildman–Crippen MR) is 68.2 cm³/mol. The third kappa shape index (κ3) is 2.73. The van der Waals surface area contributed by atoms with Gasteiger partial charge < -0.3 is 20.3 Å². The third-order valence-corrected chi connectivity index (χ3v) is 2.95. The number of carbonyl (C=O) groups is 1. The van der Waals surface area contributed by atoms with Crippen molar-refractivity contribution in [2.45, 2.75) is 25.8 Å². The fourth-order valence-electron chi connectivity index (χ4n) is 1.78. The van der Waals surface area contributed by atoms with Crippen LogP contribution in [0.25, 0.3) is 0 Å². The Kier molecular flexibility index (Phi) is 4.19. The molecule has 100 valence electrons. The summed E-state index contributed by atoms with van der Waals surface area (Å²) in [6.45, 7) is 3.35. The molecule has 3 N–H and O–H groups in total. The summed E-state index contributed by atoms with van der Waals surface area (Å²) in [5, 5.41) is 9.04. The smallest absolute Gasteiger partial charge is 0.323 e. The Hall–Kier alpha value is -1.75. The molecule has 0 heterocycles. The molecule has 0 aliphatic heterocycles. The van der Waals surface area contributed by atoms with E-state index in [4.69, 9.17) is 20.3 Å². The number of methoxy groups -OCH3 is 2. The van der Waals surface area contributed by atoms with Crippen molar-refractivity contribution in [3.05, 3.63) is 23.3 Å². The van der Waals surface area contributed by atoms with Gasteiger partial charge >= 0.3 is 5.97 Å². The number of carboxylic acids is 1. The summed E-state index contributed by atoms with van der Waals surface area (Å²) >= 11 is 0. The second-order valence-corrected chi connectivity index (χ2v) is 4.48. The van der Waals surface area contributed by atoms with Crippen molar-refractivity contribution >= 4 is 5.97 Å². The van der Waals surface area contributed by atoms with Gasteiger partial charge in [-0.25, -0.2) is 0 Å². The molecule has 5 nitrogen and oxygen atoms in total. The predicted octanol–water partition coefficient (Wildman–Crippen LogP) is 1.36. The quantitative estimate of drug-likeness (QED) is 0.828. The van der Waals surface area contributed by atoms with Gasteiger partial charge in [0.05, 0.1) is 14.2 Å². The fourth-order valence-corrected chi connectivity index (χ4v) is 1.78. The second kappa shape index (κ2) is 5.27. The first-order chi connectivity index (χ1) is 8.33. The van der Waals surface area contributed by atoms with Gasteiger partial charge in [-0.2, -0.15) is 0 Å². The molecular weight excluding hydrogens is 234 g/mol. The van der Waals surface area contributed by atoms with Crippen LogP contribution in [-0.4, -0.2) is 30.8 Å². The summed E-state index contributed by atoms with van der Waals surface area (Å²) < 4.78 is 10.4. The average Bonchev–Trinajstić information content (AvgIpc) is 2.31. The van der Waals surface area contributed by atoms with Crippen molar-refractivity contribution in [3.8, 4) is 11.5 Å². The molecule has 5 heteroatoms. The van der Waals surface area contributed by atoms with Crippen LogP contribution >= 0.6 is 0 Å². The molecular formula is C13H19NO4. The van der Waals surface area contributed by atoms with Crippen LogP contribution in [-0.2, 0) is 11.2 Å². The maximum Gasteiger partial charge on any atom is 0.323 e. The fraction of sp³-hybridized carbons (Fsp3) is 0.462. The number of ether oxygens (including phenoxy) is 2. The summed E-state index contributed by atoms with van der Waals surface area (Å²) in [4.78, 5) is 11.0. The van der Waals surface area contributed by atoms with Crippen LogP contribution in [0, 0.1) is 6.92 Å². The Labute approximate surface area is 107 Å². The lowest BCUT2D eigenvalue weighted by Crippen LogP contribution is -2.46. The first-order valence-corrected chi connectivity index (χ1v) is 5.56. The van der Waals surface area contributed by atoms with Gasteiger partial charge in [-0.3, -0.25) is 4.79 Å². The van der Waals surface area contributed by atoms with Gasteiger partial charge in [-0.15, -0.1) is 0 Å². The first-order valence-electron chi connectivity index (χ1n) is 5.56. The lowest BCUT2D eigenvalue weighted by molar-refractivity contribution is -0.142. The highest BCUT2D eigenvalue weighted by atomic mass is 16.5. The van der Waals surface area contributed by atoms with E-state index in [-0.39, 0.29) is 6.42 Å². The van der Waals surface area contributed by atoms with Crippen molar-refractivity contribution in [2.75, 3.05) is 14.2 Å². The normalized spacial score (nSPS) is 13.8. The van der Waals surface area contributed by atoms with E-state index in [1.54, 1.807) is 20.3 Å². The minimum Gasteiger partial charge on any atom is -0.493 e. The maximum absolute atomic E-state index is 11.0. The third-order valence-electron chi connectivity index (χ3n) is 2.95. The molecule has 18 heavy (non-hydrogen) atoms. The Balaban J connectivity index is 3.16. The van der Waals surface area contributed by atoms with Gasteiger partial charge in [0.2, 0.25) is 0 Å². The van der Waals surface area contributed by atoms with Gasteiger partial charge in [0.25, 0.3) is 0 Å². The molecule has 0 aliphatic rings. The summed E-state index contributed by atoms with van der Waals surface area (Å²) in [7, 11) is 3.11. The molecule has 0 amide bonds. The van der Waals surface area contributed by atoms with E-state index in [9.17, 15) is 4.79 Å². The lowest BCUT2D eigenvalue weighted by atomic mass is 9.91. The minimum atomic E-state index is -1.30. The number of aliphatic carboxylic acids is 1. The van der Waals surface area contributed by atoms with Crippen LogP contribution in [0.3, 0.4) is 0 Å². The largest absolute Gasteiger partial charge is 0.493 e. The highest BCUT2D eigenvalue weighted by molar-refractivity contribution is 5.78. The van der Waals surface area contributed by atoms with E-state index in [2.05, 4.69) is 0 Å². The van der Waals surface area contributed by atoms with Crippen LogP contribution < -0.4 is 15.2 Å². The van der Waals surface area contributed by atoms with Crippen molar-refractivity contribution in [1.82, 2.24) is 0 Å². The molecule has 0 fully saturated rings. The maximum atomic E-state index is 11.0. The van der Waals surface area contributed by atoms with Crippen molar-refractivity contribution in [2.24, 2.45) is 5.73 Å². The summed E-state index contributed by atoms with van der Waals surface area (Å²) in [5.74, 6) is 0.195. The van der Waals surface area contributed by atoms with Crippen LogP contribution in [0.2, 0.25) is 0 Å². The van der Waals surface area contributed by atoms with E-state index < -0.39 is 11.5 Å². The second-order valence-electron chi connectivity index (χ2n) is 4.48. The Morgan fingerprint density at radius 2 is 2.00 bits per heavy atom. The molecule has 0 spiro atoms. The Bertz CT molecular complexity index is 455. The van der Waals surface area contributed by atoms with Gasteiger partial charge in [0.15, 0.2) is 11.5 Å². The minimum absolute atomic E-state index is 0.231. The molecule has 1 atom stereocenters. The first kappa shape index (κ1) is 14.3. The number of nitrogens with two attached hydrogens (primary N) is 1. The SMILES string of the molecule is COc1ccc(C[C@](C)(N)C(=O)O)c(C)c1OC. The summed E-state index contributed by atoms with van der Waals surface area (Å²) in [6, 6.07) is 3.56. The molecule has 0 unspecified atom stereocenters. The zero-order valence-electron chi connectivity index (χ0n) is 11.1. The van der Waals surface area contributed by atoms with E-state index in [1.165, 1.54) is 6.92 Å². The van der Waals surface area contributed by atoms with Gasteiger partial charge in [0.1, 0.15) is 5.54 Å². The van der Waals surface area contributed by atoms with Crippen LogP contribution in [0.1, 0.15) is 18.1 Å². The molecule has 1 aromatic carbocycles. The van der Waals surface area contributed by atoms with Gasteiger partial charge in [-0.1, -0.05) is 6.07 Å². The monoisotopic (exact) mass is 253 g/mol. The molecule has 0 radical (unpaired) electrons.